The minimum Gasteiger partial charge on any atom is -0.480 e. The van der Waals surface area contributed by atoms with Crippen molar-refractivity contribution in [2.75, 3.05) is 18.0 Å². The zero-order chi connectivity index (χ0) is 16.3. The molecule has 0 bridgehead atoms. The Kier molecular flexibility index (Phi) is 4.35. The number of H-pyrrole nitrogens is 1. The van der Waals surface area contributed by atoms with E-state index in [1.165, 1.54) is 17.0 Å². The largest absolute Gasteiger partial charge is 0.480 e. The van der Waals surface area contributed by atoms with Gasteiger partial charge in [0.15, 0.2) is 0 Å². The number of nitro benzene ring substituents is 1. The molecule has 0 atom stereocenters. The fourth-order valence-corrected chi connectivity index (χ4v) is 2.07. The van der Waals surface area contributed by atoms with Crippen LogP contribution in [0.1, 0.15) is 13.3 Å². The normalized spacial score (nSPS) is 10.6. The highest BCUT2D eigenvalue weighted by molar-refractivity contribution is 5.81. The molecule has 1 aromatic heterocycles. The predicted octanol–water partition coefficient (Wildman–Crippen LogP) is 1.13. The van der Waals surface area contributed by atoms with Gasteiger partial charge in [0, 0.05) is 18.7 Å². The maximum atomic E-state index is 12.1. The molecule has 0 saturated carbocycles. The van der Waals surface area contributed by atoms with E-state index < -0.39 is 16.5 Å². The van der Waals surface area contributed by atoms with Gasteiger partial charge in [-0.1, -0.05) is 6.92 Å². The van der Waals surface area contributed by atoms with Crippen molar-refractivity contribution in [1.29, 1.82) is 0 Å². The van der Waals surface area contributed by atoms with E-state index in [-0.39, 0.29) is 29.1 Å². The topological polar surface area (TPSA) is 129 Å². The lowest BCUT2D eigenvalue weighted by molar-refractivity contribution is -0.384. The number of benzene rings is 1. The number of aromatic nitrogens is 2. The Balaban J connectivity index is 2.52. The smallest absolute Gasteiger partial charge is 0.323 e. The number of nitrogens with zero attached hydrogens (tertiary/aromatic N) is 3. The number of non-ortho nitro benzene ring substituents is 1. The molecule has 2 N–H and O–H groups in total. The van der Waals surface area contributed by atoms with Gasteiger partial charge in [-0.3, -0.25) is 24.7 Å². The van der Waals surface area contributed by atoms with E-state index in [0.29, 0.717) is 13.0 Å². The van der Waals surface area contributed by atoms with Crippen LogP contribution in [0.15, 0.2) is 23.0 Å². The van der Waals surface area contributed by atoms with E-state index >= 15 is 0 Å². The molecule has 0 fully saturated rings. The summed E-state index contributed by atoms with van der Waals surface area (Å²) in [6.07, 6.45) is 0.676. The summed E-state index contributed by atoms with van der Waals surface area (Å²) in [5.41, 5.74) is -0.477. The highest BCUT2D eigenvalue weighted by Crippen LogP contribution is 2.18. The van der Waals surface area contributed by atoms with Crippen molar-refractivity contribution in [2.24, 2.45) is 0 Å². The first-order valence-electron chi connectivity index (χ1n) is 6.57. The molecule has 1 aromatic carbocycles. The van der Waals surface area contributed by atoms with E-state index in [9.17, 15) is 19.7 Å². The van der Waals surface area contributed by atoms with Gasteiger partial charge in [0.2, 0.25) is 5.95 Å². The molecule has 2 rings (SSSR count). The molecule has 0 amide bonds. The third kappa shape index (κ3) is 3.19. The number of aromatic amines is 1. The second-order valence-corrected chi connectivity index (χ2v) is 4.66. The molecule has 9 heteroatoms. The van der Waals surface area contributed by atoms with Crippen LogP contribution in [0, 0.1) is 10.1 Å². The maximum Gasteiger partial charge on any atom is 0.323 e. The molecule has 0 unspecified atom stereocenters. The molecule has 2 aromatic rings. The summed E-state index contributed by atoms with van der Waals surface area (Å²) in [5.74, 6) is -0.907. The Morgan fingerprint density at radius 2 is 2.23 bits per heavy atom. The summed E-state index contributed by atoms with van der Waals surface area (Å²) in [4.78, 5) is 41.2. The van der Waals surface area contributed by atoms with Crippen molar-refractivity contribution in [3.05, 3.63) is 38.7 Å². The zero-order valence-corrected chi connectivity index (χ0v) is 11.8. The van der Waals surface area contributed by atoms with Gasteiger partial charge in [-0.25, -0.2) is 4.98 Å². The molecule has 0 aliphatic carbocycles. The van der Waals surface area contributed by atoms with Crippen molar-refractivity contribution in [2.45, 2.75) is 13.3 Å². The second kappa shape index (κ2) is 6.20. The van der Waals surface area contributed by atoms with Gasteiger partial charge in [0.05, 0.1) is 15.8 Å². The number of carboxylic acid groups (broad SMARTS) is 1. The van der Waals surface area contributed by atoms with E-state index in [2.05, 4.69) is 9.97 Å². The predicted molar refractivity (Wildman–Crippen MR) is 79.2 cm³/mol. The number of nitrogens with one attached hydrogen (secondary N) is 1. The first-order chi connectivity index (χ1) is 10.4. The van der Waals surface area contributed by atoms with Crippen LogP contribution in [0.2, 0.25) is 0 Å². The Morgan fingerprint density at radius 1 is 1.50 bits per heavy atom. The lowest BCUT2D eigenvalue weighted by Crippen LogP contribution is -2.33. The third-order valence-electron chi connectivity index (χ3n) is 3.01. The lowest BCUT2D eigenvalue weighted by atomic mass is 10.2. The van der Waals surface area contributed by atoms with Crippen LogP contribution in [0.25, 0.3) is 10.9 Å². The zero-order valence-electron chi connectivity index (χ0n) is 11.8. The minimum atomic E-state index is -1.04. The molecule has 116 valence electrons. The molecule has 0 radical (unpaired) electrons. The average Bonchev–Trinajstić information content (AvgIpc) is 2.45. The van der Waals surface area contributed by atoms with Crippen molar-refractivity contribution in [3.63, 3.8) is 0 Å². The van der Waals surface area contributed by atoms with Gasteiger partial charge in [0.25, 0.3) is 11.2 Å². The number of rotatable bonds is 6. The quantitative estimate of drug-likeness (QED) is 0.604. The van der Waals surface area contributed by atoms with Crippen LogP contribution in [-0.2, 0) is 4.79 Å². The average molecular weight is 306 g/mol. The maximum absolute atomic E-state index is 12.1. The number of carboxylic acids is 1. The summed E-state index contributed by atoms with van der Waals surface area (Å²) in [7, 11) is 0. The van der Waals surface area contributed by atoms with Gasteiger partial charge in [-0.15, -0.1) is 0 Å². The molecular formula is C13H14N4O5. The third-order valence-corrected chi connectivity index (χ3v) is 3.01. The summed E-state index contributed by atoms with van der Waals surface area (Å²) >= 11 is 0. The Labute approximate surface area is 124 Å². The second-order valence-electron chi connectivity index (χ2n) is 4.66. The van der Waals surface area contributed by atoms with Crippen LogP contribution in [0.3, 0.4) is 0 Å². The lowest BCUT2D eigenvalue weighted by Gasteiger charge is -2.20. The number of nitro groups is 1. The van der Waals surface area contributed by atoms with Crippen LogP contribution in [0.4, 0.5) is 11.6 Å². The fourth-order valence-electron chi connectivity index (χ4n) is 2.07. The monoisotopic (exact) mass is 306 g/mol. The van der Waals surface area contributed by atoms with E-state index in [4.69, 9.17) is 5.11 Å². The van der Waals surface area contributed by atoms with E-state index in [1.54, 1.807) is 0 Å². The van der Waals surface area contributed by atoms with Crippen molar-refractivity contribution >= 4 is 28.5 Å². The SMILES string of the molecule is CCCN(CC(=O)O)c1nc2ccc([N+](=O)[O-])cc2c(=O)[nH]1. The number of carbonyl (C=O) groups is 1. The molecular weight excluding hydrogens is 292 g/mol. The van der Waals surface area contributed by atoms with Gasteiger partial charge in [-0.05, 0) is 12.5 Å². The summed E-state index contributed by atoms with van der Waals surface area (Å²) in [6, 6.07) is 3.77. The Bertz CT molecular complexity index is 786. The standard InChI is InChI=1S/C13H14N4O5/c1-2-5-16(7-11(18)19)13-14-10-4-3-8(17(21)22)6-9(10)12(20)15-13/h3-4,6H,2,5,7H2,1H3,(H,18,19)(H,14,15,20). The van der Waals surface area contributed by atoms with Gasteiger partial charge < -0.3 is 10.0 Å². The van der Waals surface area contributed by atoms with Crippen molar-refractivity contribution in [3.8, 4) is 0 Å². The Hall–Kier alpha value is -2.97. The van der Waals surface area contributed by atoms with E-state index in [0.717, 1.165) is 6.07 Å². The highest BCUT2D eigenvalue weighted by atomic mass is 16.6. The van der Waals surface area contributed by atoms with Gasteiger partial charge in [-0.2, -0.15) is 0 Å². The van der Waals surface area contributed by atoms with Crippen LogP contribution in [-0.4, -0.2) is 39.1 Å². The summed E-state index contributed by atoms with van der Waals surface area (Å²) < 4.78 is 0. The molecule has 0 saturated heterocycles. The molecule has 0 spiro atoms. The number of hydrogen-bond acceptors (Lipinski definition) is 6. The van der Waals surface area contributed by atoms with Crippen molar-refractivity contribution in [1.82, 2.24) is 9.97 Å². The Morgan fingerprint density at radius 3 is 2.82 bits per heavy atom. The van der Waals surface area contributed by atoms with Crippen LogP contribution < -0.4 is 10.5 Å². The first kappa shape index (κ1) is 15.4. The molecule has 1 heterocycles. The van der Waals surface area contributed by atoms with Crippen LogP contribution in [0.5, 0.6) is 0 Å². The number of hydrogen-bond donors (Lipinski definition) is 2. The summed E-state index contributed by atoms with van der Waals surface area (Å²) in [5, 5.41) is 19.7. The minimum absolute atomic E-state index is 0.0877. The number of anilines is 1. The molecule has 0 aliphatic heterocycles. The van der Waals surface area contributed by atoms with Crippen LogP contribution >= 0.6 is 0 Å². The number of aliphatic carboxylic acids is 1. The van der Waals surface area contributed by atoms with Crippen molar-refractivity contribution < 1.29 is 14.8 Å². The van der Waals surface area contributed by atoms with Gasteiger partial charge >= 0.3 is 5.97 Å². The molecule has 22 heavy (non-hydrogen) atoms. The first-order valence-corrected chi connectivity index (χ1v) is 6.57. The summed E-state index contributed by atoms with van der Waals surface area (Å²) in [6.45, 7) is 1.99. The van der Waals surface area contributed by atoms with Gasteiger partial charge in [0.1, 0.15) is 6.54 Å². The fraction of sp³-hybridized carbons (Fsp3) is 0.308. The molecule has 0 aliphatic rings. The molecule has 9 nitrogen and oxygen atoms in total. The van der Waals surface area contributed by atoms with E-state index in [1.807, 2.05) is 6.92 Å². The number of fused-ring (bicyclic) bond motifs is 1. The highest BCUT2D eigenvalue weighted by Gasteiger charge is 2.15.